The third-order valence-corrected chi connectivity index (χ3v) is 3.07. The van der Waals surface area contributed by atoms with Crippen LogP contribution in [0.1, 0.15) is 6.42 Å². The first-order valence-corrected chi connectivity index (χ1v) is 6.24. The van der Waals surface area contributed by atoms with E-state index >= 15 is 0 Å². The molecule has 0 spiro atoms. The van der Waals surface area contributed by atoms with Gasteiger partial charge in [0, 0.05) is 6.54 Å². The van der Waals surface area contributed by atoms with E-state index in [-0.39, 0.29) is 31.3 Å². The maximum absolute atomic E-state index is 12.2. The lowest BCUT2D eigenvalue weighted by Gasteiger charge is -2.34. The number of aromatic nitrogens is 2. The summed E-state index contributed by atoms with van der Waals surface area (Å²) in [6.45, 7) is 0.614. The van der Waals surface area contributed by atoms with Crippen LogP contribution in [0.2, 0.25) is 0 Å². The van der Waals surface area contributed by atoms with Gasteiger partial charge >= 0.3 is 11.8 Å². The van der Waals surface area contributed by atoms with Gasteiger partial charge < -0.3 is 24.9 Å². The summed E-state index contributed by atoms with van der Waals surface area (Å²) >= 11 is 0. The van der Waals surface area contributed by atoms with Crippen LogP contribution in [-0.4, -0.2) is 62.4 Å². The lowest BCUT2D eigenvalue weighted by atomic mass is 10.1. The number of aliphatic carboxylic acids is 1. The standard InChI is InChI=1S/C11H14N4O6/c16-10(6-13-2-1-9(12-13)15(19)20)14-3-4-21-7-8(14)5-11(17)18/h1-2,8H,3-7H2,(H,17,18). The van der Waals surface area contributed by atoms with Crippen LogP contribution in [-0.2, 0) is 20.9 Å². The smallest absolute Gasteiger partial charge is 0.389 e. The average Bonchev–Trinajstić information content (AvgIpc) is 2.87. The van der Waals surface area contributed by atoms with Crippen LogP contribution in [0.15, 0.2) is 12.3 Å². The number of carbonyl (C=O) groups is 2. The van der Waals surface area contributed by atoms with Gasteiger partial charge in [-0.15, -0.1) is 0 Å². The highest BCUT2D eigenvalue weighted by Gasteiger charge is 2.29. The monoisotopic (exact) mass is 298 g/mol. The maximum Gasteiger partial charge on any atom is 0.389 e. The zero-order valence-corrected chi connectivity index (χ0v) is 11.0. The Morgan fingerprint density at radius 3 is 2.95 bits per heavy atom. The van der Waals surface area contributed by atoms with Crippen molar-refractivity contribution in [1.82, 2.24) is 14.7 Å². The molecule has 1 amide bonds. The lowest BCUT2D eigenvalue weighted by Crippen LogP contribution is -2.50. The van der Waals surface area contributed by atoms with Crippen molar-refractivity contribution in [3.05, 3.63) is 22.4 Å². The lowest BCUT2D eigenvalue weighted by molar-refractivity contribution is -0.389. The third kappa shape index (κ3) is 3.75. The molecule has 10 nitrogen and oxygen atoms in total. The second-order valence-electron chi connectivity index (χ2n) is 4.54. The highest BCUT2D eigenvalue weighted by molar-refractivity contribution is 5.77. The SMILES string of the molecule is O=C(O)CC1COCCN1C(=O)Cn1ccc([N+](=O)[O-])n1. The summed E-state index contributed by atoms with van der Waals surface area (Å²) in [5.41, 5.74) is 0. The minimum atomic E-state index is -1.02. The number of morpholine rings is 1. The van der Waals surface area contributed by atoms with Crippen molar-refractivity contribution in [2.75, 3.05) is 19.8 Å². The fourth-order valence-electron chi connectivity index (χ4n) is 2.12. The fraction of sp³-hybridized carbons (Fsp3) is 0.545. The number of hydrogen-bond donors (Lipinski definition) is 1. The summed E-state index contributed by atoms with van der Waals surface area (Å²) in [6, 6.07) is 0.663. The van der Waals surface area contributed by atoms with Gasteiger partial charge in [0.15, 0.2) is 0 Å². The molecule has 1 saturated heterocycles. The van der Waals surface area contributed by atoms with E-state index in [4.69, 9.17) is 9.84 Å². The second kappa shape index (κ2) is 6.31. The van der Waals surface area contributed by atoms with Crippen LogP contribution in [0.3, 0.4) is 0 Å². The number of carboxylic acid groups (broad SMARTS) is 1. The molecule has 0 saturated carbocycles. The van der Waals surface area contributed by atoms with E-state index in [2.05, 4.69) is 5.10 Å². The molecule has 2 rings (SSSR count). The summed E-state index contributed by atoms with van der Waals surface area (Å²) in [6.07, 6.45) is 1.13. The zero-order chi connectivity index (χ0) is 15.4. The van der Waals surface area contributed by atoms with Gasteiger partial charge in [0.2, 0.25) is 5.91 Å². The molecule has 10 heteroatoms. The topological polar surface area (TPSA) is 128 Å². The molecule has 1 unspecified atom stereocenters. The molecule has 1 aromatic heterocycles. The number of carboxylic acids is 1. The van der Waals surface area contributed by atoms with Crippen LogP contribution in [0.25, 0.3) is 0 Å². The van der Waals surface area contributed by atoms with Gasteiger partial charge in [-0.3, -0.25) is 9.59 Å². The van der Waals surface area contributed by atoms with Gasteiger partial charge in [-0.2, -0.15) is 4.68 Å². The Kier molecular flexibility index (Phi) is 4.48. The molecule has 21 heavy (non-hydrogen) atoms. The molecule has 1 atom stereocenters. The van der Waals surface area contributed by atoms with Crippen molar-refractivity contribution in [2.45, 2.75) is 19.0 Å². The van der Waals surface area contributed by atoms with Gasteiger partial charge in [-0.05, 0) is 4.92 Å². The van der Waals surface area contributed by atoms with Gasteiger partial charge in [0.1, 0.15) is 6.54 Å². The molecule has 0 aromatic carbocycles. The normalized spacial score (nSPS) is 18.5. The van der Waals surface area contributed by atoms with E-state index in [0.29, 0.717) is 13.2 Å². The minimum absolute atomic E-state index is 0.164. The quantitative estimate of drug-likeness (QED) is 0.572. The first kappa shape index (κ1) is 14.9. The van der Waals surface area contributed by atoms with E-state index < -0.39 is 16.9 Å². The van der Waals surface area contributed by atoms with E-state index in [9.17, 15) is 19.7 Å². The summed E-state index contributed by atoms with van der Waals surface area (Å²) in [7, 11) is 0. The largest absolute Gasteiger partial charge is 0.481 e. The van der Waals surface area contributed by atoms with Crippen LogP contribution in [0.5, 0.6) is 0 Å². The minimum Gasteiger partial charge on any atom is -0.481 e. The number of nitro groups is 1. The molecular formula is C11H14N4O6. The first-order valence-electron chi connectivity index (χ1n) is 6.24. The summed E-state index contributed by atoms with van der Waals surface area (Å²) in [4.78, 5) is 34.3. The Balaban J connectivity index is 2.02. The number of rotatable bonds is 5. The highest BCUT2D eigenvalue weighted by Crippen LogP contribution is 2.12. The predicted octanol–water partition coefficient (Wildman–Crippen LogP) is -0.507. The molecule has 114 valence electrons. The zero-order valence-electron chi connectivity index (χ0n) is 11.0. The Hall–Kier alpha value is -2.49. The molecule has 0 radical (unpaired) electrons. The summed E-state index contributed by atoms with van der Waals surface area (Å²) in [5, 5.41) is 23.0. The predicted molar refractivity (Wildman–Crippen MR) is 67.5 cm³/mol. The number of hydrogen-bond acceptors (Lipinski definition) is 6. The number of ether oxygens (including phenoxy) is 1. The van der Waals surface area contributed by atoms with E-state index in [1.54, 1.807) is 0 Å². The molecule has 0 bridgehead atoms. The summed E-state index contributed by atoms with van der Waals surface area (Å²) < 4.78 is 6.34. The molecule has 0 aliphatic carbocycles. The maximum atomic E-state index is 12.2. The Labute approximate surface area is 119 Å². The molecule has 1 aliphatic heterocycles. The van der Waals surface area contributed by atoms with Crippen LogP contribution < -0.4 is 0 Å². The van der Waals surface area contributed by atoms with Gasteiger partial charge in [-0.1, -0.05) is 0 Å². The molecule has 1 N–H and O–H groups in total. The molecule has 2 heterocycles. The molecular weight excluding hydrogens is 284 g/mol. The van der Waals surface area contributed by atoms with E-state index in [1.807, 2.05) is 0 Å². The van der Waals surface area contributed by atoms with Gasteiger partial charge in [0.25, 0.3) is 0 Å². The average molecular weight is 298 g/mol. The van der Waals surface area contributed by atoms with Crippen molar-refractivity contribution < 1.29 is 24.4 Å². The third-order valence-electron chi connectivity index (χ3n) is 3.07. The number of carbonyl (C=O) groups excluding carboxylic acids is 1. The van der Waals surface area contributed by atoms with E-state index in [1.165, 1.54) is 17.2 Å². The van der Waals surface area contributed by atoms with Gasteiger partial charge in [0.05, 0.1) is 43.0 Å². The number of nitrogens with zero attached hydrogens (tertiary/aromatic N) is 4. The van der Waals surface area contributed by atoms with E-state index in [0.717, 1.165) is 4.68 Å². The van der Waals surface area contributed by atoms with Crippen LogP contribution in [0, 0.1) is 10.1 Å². The molecule has 1 aliphatic rings. The van der Waals surface area contributed by atoms with Crippen molar-refractivity contribution >= 4 is 17.7 Å². The molecule has 1 aromatic rings. The summed E-state index contributed by atoms with van der Waals surface area (Å²) in [5.74, 6) is -1.70. The van der Waals surface area contributed by atoms with Crippen LogP contribution in [0.4, 0.5) is 5.82 Å². The molecule has 1 fully saturated rings. The van der Waals surface area contributed by atoms with Crippen molar-refractivity contribution in [3.8, 4) is 0 Å². The fourth-order valence-corrected chi connectivity index (χ4v) is 2.12. The van der Waals surface area contributed by atoms with Crippen molar-refractivity contribution in [2.24, 2.45) is 0 Å². The highest BCUT2D eigenvalue weighted by atomic mass is 16.6. The number of amides is 1. The Morgan fingerprint density at radius 2 is 2.33 bits per heavy atom. The Bertz CT molecular complexity index is 557. The second-order valence-corrected chi connectivity index (χ2v) is 4.54. The first-order chi connectivity index (χ1) is 9.97. The van der Waals surface area contributed by atoms with Crippen molar-refractivity contribution in [1.29, 1.82) is 0 Å². The van der Waals surface area contributed by atoms with Crippen LogP contribution >= 0.6 is 0 Å². The van der Waals surface area contributed by atoms with Crippen molar-refractivity contribution in [3.63, 3.8) is 0 Å². The Morgan fingerprint density at radius 1 is 1.57 bits per heavy atom. The van der Waals surface area contributed by atoms with Gasteiger partial charge in [-0.25, -0.2) is 0 Å².